The van der Waals surface area contributed by atoms with Gasteiger partial charge in [-0.05, 0) is 6.42 Å². The van der Waals surface area contributed by atoms with Gasteiger partial charge in [0.25, 0.3) is 0 Å². The maximum Gasteiger partial charge on any atom is 0.104 e. The predicted molar refractivity (Wildman–Crippen MR) is 53.5 cm³/mol. The molecule has 0 rings (SSSR count). The lowest BCUT2D eigenvalue weighted by molar-refractivity contribution is 0.105. The highest BCUT2D eigenvalue weighted by Crippen LogP contribution is 1.86. The van der Waals surface area contributed by atoms with Crippen molar-refractivity contribution >= 4 is 7.85 Å². The second kappa shape index (κ2) is 12.6. The summed E-state index contributed by atoms with van der Waals surface area (Å²) in [5.74, 6) is 0. The maximum atomic E-state index is 5.25. The first-order valence-corrected chi connectivity index (χ1v) is 4.51. The van der Waals surface area contributed by atoms with Crippen LogP contribution in [0.4, 0.5) is 0 Å². The number of unbranched alkanes of at least 4 members (excludes halogenated alkanes) is 1. The van der Waals surface area contributed by atoms with Gasteiger partial charge in [0, 0.05) is 7.11 Å². The highest BCUT2D eigenvalue weighted by atomic mass is 16.5. The number of hydrogen-bond acceptors (Lipinski definition) is 2. The minimum atomic E-state index is -0.0648. The van der Waals surface area contributed by atoms with Crippen molar-refractivity contribution in [1.29, 1.82) is 0 Å². The molecule has 0 aliphatic heterocycles. The molecule has 0 aromatic carbocycles. The minimum Gasteiger partial charge on any atom is -0.367 e. The third-order valence-corrected chi connectivity index (χ3v) is 1.41. The summed E-state index contributed by atoms with van der Waals surface area (Å²) < 4.78 is 4.68. The Hall–Kier alpha value is -0.0151. The zero-order valence-corrected chi connectivity index (χ0v) is 8.39. The SMILES string of the molecule is BCCCC.CCC(N)OC. The zero-order valence-electron chi connectivity index (χ0n) is 8.39. The average Bonchev–Trinajstić information content (AvgIpc) is 2.06. The normalized spacial score (nSPS) is 11.6. The quantitative estimate of drug-likeness (QED) is 0.493. The van der Waals surface area contributed by atoms with Crippen LogP contribution in [-0.2, 0) is 4.74 Å². The van der Waals surface area contributed by atoms with E-state index in [1.165, 1.54) is 19.2 Å². The fraction of sp³-hybridized carbons (Fsp3) is 1.00. The summed E-state index contributed by atoms with van der Waals surface area (Å²) in [6, 6.07) is 0. The van der Waals surface area contributed by atoms with Crippen molar-refractivity contribution in [3.63, 3.8) is 0 Å². The highest BCUT2D eigenvalue weighted by Gasteiger charge is 1.88. The monoisotopic (exact) mass is 159 g/mol. The molecule has 0 aliphatic carbocycles. The van der Waals surface area contributed by atoms with E-state index in [-0.39, 0.29) is 6.23 Å². The number of ether oxygens (including phenoxy) is 1. The first-order chi connectivity index (χ1) is 5.22. The van der Waals surface area contributed by atoms with Crippen molar-refractivity contribution in [2.75, 3.05) is 7.11 Å². The number of methoxy groups -OCH3 is 1. The standard InChI is InChI=1S/C4H11B.C4H11NO/c1-2-3-4-5;1-3-4(5)6-2/h2-5H2,1H3;4H,3,5H2,1-2H3. The van der Waals surface area contributed by atoms with Gasteiger partial charge in [-0.1, -0.05) is 33.0 Å². The Bertz CT molecular complexity index is 56.1. The lowest BCUT2D eigenvalue weighted by Crippen LogP contribution is -2.19. The molecule has 2 N–H and O–H groups in total. The molecule has 3 heteroatoms. The molecule has 11 heavy (non-hydrogen) atoms. The second-order valence-electron chi connectivity index (χ2n) is 2.54. The number of rotatable bonds is 4. The van der Waals surface area contributed by atoms with Crippen LogP contribution in [0.2, 0.25) is 6.32 Å². The molecule has 68 valence electrons. The average molecular weight is 159 g/mol. The van der Waals surface area contributed by atoms with E-state index in [4.69, 9.17) is 5.73 Å². The van der Waals surface area contributed by atoms with Crippen LogP contribution < -0.4 is 5.73 Å². The van der Waals surface area contributed by atoms with Gasteiger partial charge in [0.1, 0.15) is 14.1 Å². The van der Waals surface area contributed by atoms with Crippen molar-refractivity contribution in [3.05, 3.63) is 0 Å². The molecule has 0 fully saturated rings. The Kier molecular flexibility index (Phi) is 15.6. The summed E-state index contributed by atoms with van der Waals surface area (Å²) in [6.45, 7) is 4.19. The van der Waals surface area contributed by atoms with Crippen LogP contribution in [0.25, 0.3) is 0 Å². The summed E-state index contributed by atoms with van der Waals surface area (Å²) in [5.41, 5.74) is 5.25. The van der Waals surface area contributed by atoms with E-state index < -0.39 is 0 Å². The van der Waals surface area contributed by atoms with Crippen molar-refractivity contribution in [2.24, 2.45) is 5.73 Å². The second-order valence-corrected chi connectivity index (χ2v) is 2.54. The molecule has 0 heterocycles. The minimum absolute atomic E-state index is 0.0648. The van der Waals surface area contributed by atoms with Crippen molar-refractivity contribution in [1.82, 2.24) is 0 Å². The van der Waals surface area contributed by atoms with Gasteiger partial charge in [0.15, 0.2) is 0 Å². The lowest BCUT2D eigenvalue weighted by atomic mass is 10.0. The van der Waals surface area contributed by atoms with E-state index in [0.29, 0.717) is 0 Å². The predicted octanol–water partition coefficient (Wildman–Crippen LogP) is 1.17. The third kappa shape index (κ3) is 17.8. The summed E-state index contributed by atoms with van der Waals surface area (Å²) >= 11 is 0. The van der Waals surface area contributed by atoms with Gasteiger partial charge >= 0.3 is 0 Å². The van der Waals surface area contributed by atoms with Gasteiger partial charge in [0.2, 0.25) is 0 Å². The summed E-state index contributed by atoms with van der Waals surface area (Å²) in [5, 5.41) is 0. The summed E-state index contributed by atoms with van der Waals surface area (Å²) in [4.78, 5) is 0. The maximum absolute atomic E-state index is 5.25. The topological polar surface area (TPSA) is 35.2 Å². The van der Waals surface area contributed by atoms with E-state index in [1.54, 1.807) is 7.11 Å². The van der Waals surface area contributed by atoms with Crippen molar-refractivity contribution in [3.8, 4) is 0 Å². The molecule has 0 radical (unpaired) electrons. The lowest BCUT2D eigenvalue weighted by Gasteiger charge is -2.01. The molecule has 0 amide bonds. The molecule has 0 bridgehead atoms. The Balaban J connectivity index is 0. The Morgan fingerprint density at radius 2 is 2.00 bits per heavy atom. The summed E-state index contributed by atoms with van der Waals surface area (Å²) in [7, 11) is 3.82. The molecule has 0 aliphatic rings. The zero-order chi connectivity index (χ0) is 9.11. The van der Waals surface area contributed by atoms with Gasteiger partial charge < -0.3 is 10.5 Å². The fourth-order valence-electron chi connectivity index (χ4n) is 0.520. The number of hydrogen-bond donors (Lipinski definition) is 1. The first kappa shape index (κ1) is 13.6. The first-order valence-electron chi connectivity index (χ1n) is 4.51. The van der Waals surface area contributed by atoms with E-state index in [9.17, 15) is 0 Å². The van der Waals surface area contributed by atoms with Crippen LogP contribution in [-0.4, -0.2) is 21.2 Å². The molecule has 1 unspecified atom stereocenters. The van der Waals surface area contributed by atoms with Crippen LogP contribution in [0.5, 0.6) is 0 Å². The van der Waals surface area contributed by atoms with Crippen LogP contribution in [0.15, 0.2) is 0 Å². The van der Waals surface area contributed by atoms with Crippen LogP contribution in [0.3, 0.4) is 0 Å². The smallest absolute Gasteiger partial charge is 0.104 e. The molecule has 0 aromatic heterocycles. The molecule has 0 saturated carbocycles. The van der Waals surface area contributed by atoms with E-state index in [1.807, 2.05) is 6.92 Å². The van der Waals surface area contributed by atoms with E-state index in [2.05, 4.69) is 19.5 Å². The van der Waals surface area contributed by atoms with E-state index >= 15 is 0 Å². The van der Waals surface area contributed by atoms with Gasteiger partial charge in [-0.2, -0.15) is 0 Å². The molecule has 0 saturated heterocycles. The van der Waals surface area contributed by atoms with Crippen LogP contribution >= 0.6 is 0 Å². The van der Waals surface area contributed by atoms with Crippen LogP contribution in [0.1, 0.15) is 33.1 Å². The molecular weight excluding hydrogens is 137 g/mol. The van der Waals surface area contributed by atoms with Gasteiger partial charge in [-0.3, -0.25) is 0 Å². The van der Waals surface area contributed by atoms with E-state index in [0.717, 1.165) is 6.42 Å². The van der Waals surface area contributed by atoms with Crippen LogP contribution in [0, 0.1) is 0 Å². The summed E-state index contributed by atoms with van der Waals surface area (Å²) in [6.07, 6.45) is 4.90. The molecule has 0 aromatic rings. The fourth-order valence-corrected chi connectivity index (χ4v) is 0.520. The van der Waals surface area contributed by atoms with Crippen molar-refractivity contribution in [2.45, 2.75) is 45.7 Å². The van der Waals surface area contributed by atoms with Gasteiger partial charge in [-0.25, -0.2) is 0 Å². The number of nitrogens with two attached hydrogens (primary N) is 1. The Labute approximate surface area is 71.9 Å². The Morgan fingerprint density at radius 3 is 2.00 bits per heavy atom. The van der Waals surface area contributed by atoms with Gasteiger partial charge in [-0.15, -0.1) is 0 Å². The molecule has 2 nitrogen and oxygen atoms in total. The molecular formula is C8H22BNO. The third-order valence-electron chi connectivity index (χ3n) is 1.41. The highest BCUT2D eigenvalue weighted by molar-refractivity contribution is 6.08. The molecule has 0 spiro atoms. The molecule has 1 atom stereocenters. The van der Waals surface area contributed by atoms with Crippen molar-refractivity contribution < 1.29 is 4.74 Å². The Morgan fingerprint density at radius 1 is 1.45 bits per heavy atom. The largest absolute Gasteiger partial charge is 0.367 e. The van der Waals surface area contributed by atoms with Gasteiger partial charge in [0.05, 0.1) is 0 Å².